The number of piperidine rings is 1. The third-order valence-electron chi connectivity index (χ3n) is 5.11. The zero-order valence-electron chi connectivity index (χ0n) is 14.2. The van der Waals surface area contributed by atoms with E-state index < -0.39 is 0 Å². The monoisotopic (exact) mass is 371 g/mol. The summed E-state index contributed by atoms with van der Waals surface area (Å²) in [6, 6.07) is 15.1. The molecule has 2 heterocycles. The SMILES string of the molecule is OCCN1CCC(=C2c3ccccc3CSc3ccc(Cl)cc32)CC1. The molecule has 1 saturated heterocycles. The van der Waals surface area contributed by atoms with E-state index in [2.05, 4.69) is 41.3 Å². The summed E-state index contributed by atoms with van der Waals surface area (Å²) in [5.41, 5.74) is 6.96. The van der Waals surface area contributed by atoms with E-state index >= 15 is 0 Å². The van der Waals surface area contributed by atoms with Gasteiger partial charge >= 0.3 is 0 Å². The maximum absolute atomic E-state index is 9.19. The van der Waals surface area contributed by atoms with Crippen LogP contribution in [-0.2, 0) is 5.75 Å². The van der Waals surface area contributed by atoms with Crippen molar-refractivity contribution in [1.82, 2.24) is 4.90 Å². The fourth-order valence-corrected chi connectivity index (χ4v) is 5.05. The second-order valence-corrected chi connectivity index (χ2v) is 8.08. The molecule has 2 aliphatic heterocycles. The first-order chi connectivity index (χ1) is 12.3. The minimum Gasteiger partial charge on any atom is -0.395 e. The van der Waals surface area contributed by atoms with E-state index in [1.54, 1.807) is 0 Å². The molecule has 0 spiro atoms. The summed E-state index contributed by atoms with van der Waals surface area (Å²) in [5.74, 6) is 0.998. The summed E-state index contributed by atoms with van der Waals surface area (Å²) in [7, 11) is 0. The van der Waals surface area contributed by atoms with Crippen molar-refractivity contribution < 1.29 is 5.11 Å². The predicted octanol–water partition coefficient (Wildman–Crippen LogP) is 4.84. The molecule has 1 N–H and O–H groups in total. The molecular weight excluding hydrogens is 350 g/mol. The topological polar surface area (TPSA) is 23.5 Å². The fourth-order valence-electron chi connectivity index (χ4n) is 3.83. The third kappa shape index (κ3) is 3.52. The van der Waals surface area contributed by atoms with Crippen LogP contribution in [0.2, 0.25) is 5.02 Å². The molecule has 4 rings (SSSR count). The van der Waals surface area contributed by atoms with E-state index in [1.165, 1.54) is 32.7 Å². The predicted molar refractivity (Wildman–Crippen MR) is 106 cm³/mol. The molecule has 0 aliphatic carbocycles. The van der Waals surface area contributed by atoms with Gasteiger partial charge < -0.3 is 10.0 Å². The van der Waals surface area contributed by atoms with Crippen LogP contribution in [0.5, 0.6) is 0 Å². The van der Waals surface area contributed by atoms with Crippen LogP contribution in [0.25, 0.3) is 5.57 Å². The number of aliphatic hydroxyl groups excluding tert-OH is 1. The molecule has 2 nitrogen and oxygen atoms in total. The molecule has 0 radical (unpaired) electrons. The number of nitrogens with zero attached hydrogens (tertiary/aromatic N) is 1. The van der Waals surface area contributed by atoms with Gasteiger partial charge in [0.15, 0.2) is 0 Å². The largest absolute Gasteiger partial charge is 0.395 e. The quantitative estimate of drug-likeness (QED) is 0.817. The summed E-state index contributed by atoms with van der Waals surface area (Å²) in [4.78, 5) is 3.67. The highest BCUT2D eigenvalue weighted by Gasteiger charge is 2.24. The fraction of sp³-hybridized carbons (Fsp3) is 0.333. The van der Waals surface area contributed by atoms with Crippen LogP contribution in [0.4, 0.5) is 0 Å². The Balaban J connectivity index is 1.83. The van der Waals surface area contributed by atoms with E-state index in [-0.39, 0.29) is 6.61 Å². The number of likely N-dealkylation sites (tertiary alicyclic amines) is 1. The summed E-state index contributed by atoms with van der Waals surface area (Å²) in [6.45, 7) is 3.05. The van der Waals surface area contributed by atoms with Crippen molar-refractivity contribution in [3.63, 3.8) is 0 Å². The normalized spacial score (nSPS) is 17.8. The average Bonchev–Trinajstić information content (AvgIpc) is 2.79. The molecule has 2 aromatic carbocycles. The van der Waals surface area contributed by atoms with E-state index in [9.17, 15) is 5.11 Å². The van der Waals surface area contributed by atoms with Crippen molar-refractivity contribution in [2.75, 3.05) is 26.2 Å². The molecule has 4 heteroatoms. The van der Waals surface area contributed by atoms with Gasteiger partial charge in [0.25, 0.3) is 0 Å². The molecule has 2 aliphatic rings. The van der Waals surface area contributed by atoms with Gasteiger partial charge in [-0.1, -0.05) is 41.4 Å². The molecule has 2 aromatic rings. The highest BCUT2D eigenvalue weighted by Crippen LogP contribution is 2.44. The van der Waals surface area contributed by atoms with E-state index in [1.807, 2.05) is 17.8 Å². The third-order valence-corrected chi connectivity index (χ3v) is 6.47. The number of benzene rings is 2. The zero-order chi connectivity index (χ0) is 17.2. The minimum absolute atomic E-state index is 0.240. The summed E-state index contributed by atoms with van der Waals surface area (Å²) in [5, 5.41) is 9.99. The Bertz CT molecular complexity index is 807. The molecule has 0 aromatic heterocycles. The van der Waals surface area contributed by atoms with Gasteiger partial charge in [-0.25, -0.2) is 0 Å². The molecule has 0 unspecified atom stereocenters. The Morgan fingerprint density at radius 2 is 1.84 bits per heavy atom. The second kappa shape index (κ2) is 7.55. The molecule has 1 fully saturated rings. The van der Waals surface area contributed by atoms with Crippen molar-refractivity contribution in [2.45, 2.75) is 23.5 Å². The van der Waals surface area contributed by atoms with Gasteiger partial charge in [0.1, 0.15) is 0 Å². The molecule has 130 valence electrons. The van der Waals surface area contributed by atoms with Gasteiger partial charge in [-0.3, -0.25) is 0 Å². The summed E-state index contributed by atoms with van der Waals surface area (Å²) < 4.78 is 0. The molecule has 25 heavy (non-hydrogen) atoms. The van der Waals surface area contributed by atoms with Gasteiger partial charge in [-0.05, 0) is 53.3 Å². The zero-order valence-corrected chi connectivity index (χ0v) is 15.7. The molecular formula is C21H22ClNOS. The van der Waals surface area contributed by atoms with E-state index in [4.69, 9.17) is 11.6 Å². The van der Waals surface area contributed by atoms with Crippen molar-refractivity contribution in [2.24, 2.45) is 0 Å². The smallest absolute Gasteiger partial charge is 0.0558 e. The van der Waals surface area contributed by atoms with Gasteiger partial charge in [0, 0.05) is 35.3 Å². The van der Waals surface area contributed by atoms with Crippen LogP contribution >= 0.6 is 23.4 Å². The van der Waals surface area contributed by atoms with Crippen LogP contribution in [0.15, 0.2) is 52.9 Å². The number of thioether (sulfide) groups is 1. The van der Waals surface area contributed by atoms with Crippen LogP contribution in [0.3, 0.4) is 0 Å². The molecule has 0 saturated carbocycles. The van der Waals surface area contributed by atoms with Crippen molar-refractivity contribution in [3.8, 4) is 0 Å². The van der Waals surface area contributed by atoms with Gasteiger partial charge in [0.2, 0.25) is 0 Å². The number of aliphatic hydroxyl groups is 1. The van der Waals surface area contributed by atoms with Crippen LogP contribution < -0.4 is 0 Å². The average molecular weight is 372 g/mol. The lowest BCUT2D eigenvalue weighted by Gasteiger charge is -2.30. The lowest BCUT2D eigenvalue weighted by atomic mass is 9.86. The van der Waals surface area contributed by atoms with Gasteiger partial charge in [0.05, 0.1) is 6.61 Å². The molecule has 0 bridgehead atoms. The van der Waals surface area contributed by atoms with Crippen molar-refractivity contribution in [3.05, 3.63) is 69.8 Å². The van der Waals surface area contributed by atoms with Crippen LogP contribution in [-0.4, -0.2) is 36.2 Å². The highest BCUT2D eigenvalue weighted by atomic mass is 35.5. The maximum Gasteiger partial charge on any atom is 0.0558 e. The standard InChI is InChI=1S/C21H22ClNOS/c22-17-5-6-20-19(13-17)21(15-7-9-23(10-8-15)11-12-24)18-4-2-1-3-16(18)14-25-20/h1-6,13,24H,7-12,14H2. The Kier molecular flexibility index (Phi) is 5.18. The number of halogens is 1. The molecule has 0 atom stereocenters. The Morgan fingerprint density at radius 3 is 2.64 bits per heavy atom. The van der Waals surface area contributed by atoms with Gasteiger partial charge in [-0.15, -0.1) is 11.8 Å². The lowest BCUT2D eigenvalue weighted by molar-refractivity contribution is 0.187. The lowest BCUT2D eigenvalue weighted by Crippen LogP contribution is -2.33. The number of hydrogen-bond donors (Lipinski definition) is 1. The number of β-amino-alcohol motifs (C(OH)–C–C–N with tert-alkyl or cyclic N) is 1. The van der Waals surface area contributed by atoms with Gasteiger partial charge in [-0.2, -0.15) is 0 Å². The Hall–Kier alpha value is -1.26. The number of fused-ring (bicyclic) bond motifs is 2. The minimum atomic E-state index is 0.240. The number of rotatable bonds is 2. The van der Waals surface area contributed by atoms with Crippen molar-refractivity contribution in [1.29, 1.82) is 0 Å². The van der Waals surface area contributed by atoms with Crippen LogP contribution in [0.1, 0.15) is 29.5 Å². The second-order valence-electron chi connectivity index (χ2n) is 6.63. The Morgan fingerprint density at radius 1 is 1.04 bits per heavy atom. The first-order valence-corrected chi connectivity index (χ1v) is 10.2. The molecule has 0 amide bonds. The van der Waals surface area contributed by atoms with Crippen LogP contribution in [0, 0.1) is 0 Å². The highest BCUT2D eigenvalue weighted by molar-refractivity contribution is 7.98. The first kappa shape index (κ1) is 17.2. The summed E-state index contributed by atoms with van der Waals surface area (Å²) in [6.07, 6.45) is 2.11. The van der Waals surface area contributed by atoms with Crippen molar-refractivity contribution >= 4 is 28.9 Å². The maximum atomic E-state index is 9.19. The van der Waals surface area contributed by atoms with E-state index in [0.29, 0.717) is 0 Å². The van der Waals surface area contributed by atoms with E-state index in [0.717, 1.165) is 43.3 Å². The Labute approximate surface area is 158 Å². The first-order valence-electron chi connectivity index (χ1n) is 8.82. The summed E-state index contributed by atoms with van der Waals surface area (Å²) >= 11 is 8.26. The number of hydrogen-bond acceptors (Lipinski definition) is 3.